The van der Waals surface area contributed by atoms with Gasteiger partial charge in [0.25, 0.3) is 0 Å². The number of hydrogen-bond acceptors (Lipinski definition) is 2. The topological polar surface area (TPSA) is 3.24 Å². The van der Waals surface area contributed by atoms with Crippen molar-refractivity contribution in [2.24, 2.45) is 0 Å². The molecule has 0 saturated heterocycles. The third-order valence-corrected chi connectivity index (χ3v) is 3.97. The van der Waals surface area contributed by atoms with Crippen LogP contribution in [0.4, 0.5) is 5.69 Å². The van der Waals surface area contributed by atoms with Gasteiger partial charge in [-0.25, -0.2) is 0 Å². The Kier molecular flexibility index (Phi) is 4.14. The van der Waals surface area contributed by atoms with E-state index in [1.807, 2.05) is 0 Å². The number of hydrogen-bond donors (Lipinski definition) is 0. The smallest absolute Gasteiger partial charge is 0.0480 e. The molecule has 0 fully saturated rings. The van der Waals surface area contributed by atoms with Crippen molar-refractivity contribution >= 4 is 17.0 Å². The molecule has 1 nitrogen and oxygen atoms in total. The Bertz CT molecular complexity index is 576. The number of anilines is 1. The van der Waals surface area contributed by atoms with Crippen molar-refractivity contribution in [3.05, 3.63) is 88.6 Å². The third kappa shape index (κ3) is 3.28. The average molecular weight is 279 g/mol. The second-order valence-electron chi connectivity index (χ2n) is 4.81. The normalized spacial score (nSPS) is 10.4. The summed E-state index contributed by atoms with van der Waals surface area (Å²) in [6.45, 7) is 1.87. The molecule has 0 unspecified atom stereocenters. The molecule has 0 aliphatic rings. The van der Waals surface area contributed by atoms with E-state index >= 15 is 0 Å². The standard InChI is InChI=1S/C18H17NS/c1-3-7-16(8-4-1)13-19(18-11-12-20-15-18)14-17-9-5-2-6-10-17/h1-12,15H,13-14H2. The first-order valence-electron chi connectivity index (χ1n) is 6.77. The second kappa shape index (κ2) is 6.40. The number of benzene rings is 2. The van der Waals surface area contributed by atoms with Crippen LogP contribution in [0.3, 0.4) is 0 Å². The summed E-state index contributed by atoms with van der Waals surface area (Å²) in [5.41, 5.74) is 3.98. The van der Waals surface area contributed by atoms with Crippen LogP contribution in [0.1, 0.15) is 11.1 Å². The summed E-state index contributed by atoms with van der Waals surface area (Å²) >= 11 is 1.75. The van der Waals surface area contributed by atoms with E-state index in [2.05, 4.69) is 82.4 Å². The maximum Gasteiger partial charge on any atom is 0.0480 e. The second-order valence-corrected chi connectivity index (χ2v) is 5.59. The summed E-state index contributed by atoms with van der Waals surface area (Å²) in [4.78, 5) is 2.42. The fourth-order valence-corrected chi connectivity index (χ4v) is 2.95. The number of rotatable bonds is 5. The number of thiophene rings is 1. The highest BCUT2D eigenvalue weighted by atomic mass is 32.1. The lowest BCUT2D eigenvalue weighted by Crippen LogP contribution is -2.21. The first-order chi connectivity index (χ1) is 9.92. The highest BCUT2D eigenvalue weighted by Gasteiger charge is 2.08. The van der Waals surface area contributed by atoms with Crippen molar-refractivity contribution in [1.82, 2.24) is 0 Å². The van der Waals surface area contributed by atoms with Gasteiger partial charge in [0.15, 0.2) is 0 Å². The quantitative estimate of drug-likeness (QED) is 0.638. The molecule has 0 aliphatic carbocycles. The van der Waals surface area contributed by atoms with Crippen LogP contribution in [-0.2, 0) is 13.1 Å². The highest BCUT2D eigenvalue weighted by Crippen LogP contribution is 2.22. The fourth-order valence-electron chi connectivity index (χ4n) is 2.28. The van der Waals surface area contributed by atoms with Gasteiger partial charge in [-0.3, -0.25) is 0 Å². The van der Waals surface area contributed by atoms with Crippen molar-refractivity contribution in [1.29, 1.82) is 0 Å². The average Bonchev–Trinajstić information content (AvgIpc) is 3.03. The minimum Gasteiger partial charge on any atom is -0.362 e. The fraction of sp³-hybridized carbons (Fsp3) is 0.111. The van der Waals surface area contributed by atoms with E-state index in [0.29, 0.717) is 0 Å². The predicted octanol–water partition coefficient (Wildman–Crippen LogP) is 4.95. The molecule has 0 N–H and O–H groups in total. The Morgan fingerprint density at radius 2 is 1.25 bits per heavy atom. The molecular formula is C18H17NS. The molecule has 0 radical (unpaired) electrons. The van der Waals surface area contributed by atoms with Gasteiger partial charge < -0.3 is 4.90 Å². The van der Waals surface area contributed by atoms with E-state index in [1.54, 1.807) is 11.3 Å². The first-order valence-corrected chi connectivity index (χ1v) is 7.71. The van der Waals surface area contributed by atoms with Crippen LogP contribution in [0.5, 0.6) is 0 Å². The van der Waals surface area contributed by atoms with E-state index < -0.39 is 0 Å². The molecule has 0 bridgehead atoms. The van der Waals surface area contributed by atoms with Crippen molar-refractivity contribution in [3.63, 3.8) is 0 Å². The predicted molar refractivity (Wildman–Crippen MR) is 87.1 cm³/mol. The van der Waals surface area contributed by atoms with Crippen molar-refractivity contribution in [2.45, 2.75) is 13.1 Å². The lowest BCUT2D eigenvalue weighted by molar-refractivity contribution is 0.802. The Hall–Kier alpha value is -2.06. The summed E-state index contributed by atoms with van der Waals surface area (Å²) in [7, 11) is 0. The van der Waals surface area contributed by atoms with Crippen LogP contribution in [0.15, 0.2) is 77.5 Å². The zero-order valence-electron chi connectivity index (χ0n) is 11.3. The molecular weight excluding hydrogens is 262 g/mol. The summed E-state index contributed by atoms with van der Waals surface area (Å²) in [6.07, 6.45) is 0. The van der Waals surface area contributed by atoms with Gasteiger partial charge >= 0.3 is 0 Å². The monoisotopic (exact) mass is 279 g/mol. The van der Waals surface area contributed by atoms with Gasteiger partial charge in [0.1, 0.15) is 0 Å². The van der Waals surface area contributed by atoms with Gasteiger partial charge in [-0.15, -0.1) is 0 Å². The van der Waals surface area contributed by atoms with Crippen LogP contribution in [-0.4, -0.2) is 0 Å². The van der Waals surface area contributed by atoms with Crippen molar-refractivity contribution in [2.75, 3.05) is 4.90 Å². The van der Waals surface area contributed by atoms with Crippen LogP contribution < -0.4 is 4.90 Å². The number of nitrogens with zero attached hydrogens (tertiary/aromatic N) is 1. The highest BCUT2D eigenvalue weighted by molar-refractivity contribution is 7.08. The minimum absolute atomic E-state index is 0.937. The zero-order chi connectivity index (χ0) is 13.6. The maximum atomic E-state index is 2.42. The molecule has 1 heterocycles. The van der Waals surface area contributed by atoms with Gasteiger partial charge in [0, 0.05) is 24.2 Å². The summed E-state index contributed by atoms with van der Waals surface area (Å²) in [5.74, 6) is 0. The Morgan fingerprint density at radius 3 is 1.70 bits per heavy atom. The zero-order valence-corrected chi connectivity index (χ0v) is 12.1. The van der Waals surface area contributed by atoms with Crippen LogP contribution in [0, 0.1) is 0 Å². The summed E-state index contributed by atoms with van der Waals surface area (Å²) in [5, 5.41) is 4.35. The third-order valence-electron chi connectivity index (χ3n) is 3.30. The Morgan fingerprint density at radius 1 is 0.700 bits per heavy atom. The van der Waals surface area contributed by atoms with E-state index in [1.165, 1.54) is 16.8 Å². The van der Waals surface area contributed by atoms with Crippen molar-refractivity contribution < 1.29 is 0 Å². The molecule has 0 atom stereocenters. The molecule has 3 rings (SSSR count). The Labute approximate surface area is 124 Å². The van der Waals surface area contributed by atoms with Gasteiger partial charge in [0.2, 0.25) is 0 Å². The summed E-state index contributed by atoms with van der Waals surface area (Å²) in [6, 6.07) is 23.5. The Balaban J connectivity index is 1.81. The largest absolute Gasteiger partial charge is 0.362 e. The van der Waals surface area contributed by atoms with E-state index in [9.17, 15) is 0 Å². The van der Waals surface area contributed by atoms with Crippen molar-refractivity contribution in [3.8, 4) is 0 Å². The minimum atomic E-state index is 0.937. The molecule has 2 aromatic carbocycles. The van der Waals surface area contributed by atoms with Gasteiger partial charge in [0.05, 0.1) is 0 Å². The lowest BCUT2D eigenvalue weighted by Gasteiger charge is -2.24. The molecule has 20 heavy (non-hydrogen) atoms. The molecule has 0 aliphatic heterocycles. The molecule has 0 saturated carbocycles. The van der Waals surface area contributed by atoms with Gasteiger partial charge in [-0.2, -0.15) is 11.3 Å². The SMILES string of the molecule is c1ccc(CN(Cc2ccccc2)c2ccsc2)cc1. The van der Waals surface area contributed by atoms with E-state index in [4.69, 9.17) is 0 Å². The lowest BCUT2D eigenvalue weighted by atomic mass is 10.1. The van der Waals surface area contributed by atoms with Crippen LogP contribution >= 0.6 is 11.3 Å². The molecule has 2 heteroatoms. The van der Waals surface area contributed by atoms with Crippen LogP contribution in [0.25, 0.3) is 0 Å². The molecule has 100 valence electrons. The molecule has 0 spiro atoms. The molecule has 0 amide bonds. The van der Waals surface area contributed by atoms with Crippen LogP contribution in [0.2, 0.25) is 0 Å². The maximum absolute atomic E-state index is 2.42. The summed E-state index contributed by atoms with van der Waals surface area (Å²) < 4.78 is 0. The molecule has 1 aromatic heterocycles. The molecule has 3 aromatic rings. The van der Waals surface area contributed by atoms with Gasteiger partial charge in [-0.05, 0) is 22.6 Å². The van der Waals surface area contributed by atoms with E-state index in [0.717, 1.165) is 13.1 Å². The van der Waals surface area contributed by atoms with E-state index in [-0.39, 0.29) is 0 Å². The van der Waals surface area contributed by atoms with Gasteiger partial charge in [-0.1, -0.05) is 60.7 Å². The first kappa shape index (κ1) is 12.9.